The van der Waals surface area contributed by atoms with E-state index in [1.54, 1.807) is 12.1 Å². The van der Waals surface area contributed by atoms with Gasteiger partial charge in [0.15, 0.2) is 0 Å². The molecule has 2 aromatic heterocycles. The molecular formula is C30H30N4O4. The third-order valence-corrected chi connectivity index (χ3v) is 6.30. The summed E-state index contributed by atoms with van der Waals surface area (Å²) in [4.78, 5) is 18.9. The van der Waals surface area contributed by atoms with Crippen LogP contribution in [-0.4, -0.2) is 52.9 Å². The molecule has 0 saturated heterocycles. The van der Waals surface area contributed by atoms with E-state index < -0.39 is 12.0 Å². The van der Waals surface area contributed by atoms with E-state index in [-0.39, 0.29) is 12.7 Å². The summed E-state index contributed by atoms with van der Waals surface area (Å²) < 4.78 is 12.1. The summed E-state index contributed by atoms with van der Waals surface area (Å²) in [6.45, 7) is 0.940. The van der Waals surface area contributed by atoms with E-state index in [1.807, 2.05) is 60.7 Å². The van der Waals surface area contributed by atoms with E-state index >= 15 is 0 Å². The molecule has 2 heterocycles. The van der Waals surface area contributed by atoms with Crippen molar-refractivity contribution in [2.45, 2.75) is 18.6 Å². The molecule has 1 amide bonds. The number of aliphatic hydroxyl groups is 1. The Balaban J connectivity index is 1.18. The number of rotatable bonds is 12. The number of nitrogens with one attached hydrogen (secondary N) is 2. The number of ether oxygens (including phenoxy) is 2. The number of aromatic amines is 1. The van der Waals surface area contributed by atoms with Crippen molar-refractivity contribution in [3.63, 3.8) is 0 Å². The number of hydrogen-bond donors (Lipinski definition) is 4. The fraction of sp³-hybridized carbons (Fsp3) is 0.200. The van der Waals surface area contributed by atoms with Gasteiger partial charge in [0.25, 0.3) is 0 Å². The zero-order chi connectivity index (χ0) is 26.3. The molecule has 0 aliphatic carbocycles. The van der Waals surface area contributed by atoms with Crippen LogP contribution < -0.4 is 20.5 Å². The smallest absolute Gasteiger partial charge is 0.250 e. The van der Waals surface area contributed by atoms with Crippen molar-refractivity contribution >= 4 is 27.7 Å². The standard InChI is InChI=1S/C30H30N4O4/c31-30(36)21-13-14-28(33-16-21)38-23(15-20-7-2-1-3-8-20)18-32-17-22(35)19-37-27-12-6-10-25-24-9-4-5-11-26(24)34-29(25)27/h1-14,16,22-23,32,34-35H,15,17-19H2,(H2,31,36). The highest BCUT2D eigenvalue weighted by Gasteiger charge is 2.15. The predicted octanol–water partition coefficient (Wildman–Crippen LogP) is 3.83. The highest BCUT2D eigenvalue weighted by Crippen LogP contribution is 2.31. The second-order valence-corrected chi connectivity index (χ2v) is 9.15. The van der Waals surface area contributed by atoms with Crippen LogP contribution in [0.3, 0.4) is 0 Å². The van der Waals surface area contributed by atoms with Gasteiger partial charge in [-0.2, -0.15) is 0 Å². The number of carbonyl (C=O) groups is 1. The summed E-state index contributed by atoms with van der Waals surface area (Å²) in [5.41, 5.74) is 8.70. The van der Waals surface area contributed by atoms with Crippen molar-refractivity contribution < 1.29 is 19.4 Å². The minimum atomic E-state index is -0.722. The van der Waals surface area contributed by atoms with Crippen LogP contribution in [0.25, 0.3) is 21.8 Å². The van der Waals surface area contributed by atoms with Gasteiger partial charge in [0, 0.05) is 48.1 Å². The molecule has 2 atom stereocenters. The van der Waals surface area contributed by atoms with Crippen LogP contribution in [0.2, 0.25) is 0 Å². The summed E-state index contributed by atoms with van der Waals surface area (Å²) in [5, 5.41) is 16.1. The molecule has 38 heavy (non-hydrogen) atoms. The van der Waals surface area contributed by atoms with Crippen molar-refractivity contribution in [1.29, 1.82) is 0 Å². The van der Waals surface area contributed by atoms with E-state index in [1.165, 1.54) is 6.20 Å². The molecule has 0 radical (unpaired) electrons. The molecule has 0 saturated carbocycles. The van der Waals surface area contributed by atoms with Crippen LogP contribution in [0.4, 0.5) is 0 Å². The average molecular weight is 511 g/mol. The summed E-state index contributed by atoms with van der Waals surface area (Å²) in [6.07, 6.45) is 1.07. The number of nitrogens with zero attached hydrogens (tertiary/aromatic N) is 1. The topological polar surface area (TPSA) is 122 Å². The number of H-pyrrole nitrogens is 1. The fourth-order valence-electron chi connectivity index (χ4n) is 4.42. The molecule has 8 heteroatoms. The molecular weight excluding hydrogens is 480 g/mol. The van der Waals surface area contributed by atoms with Gasteiger partial charge in [0.1, 0.15) is 24.6 Å². The van der Waals surface area contributed by atoms with Crippen molar-refractivity contribution in [3.05, 3.63) is 102 Å². The third kappa shape index (κ3) is 6.11. The van der Waals surface area contributed by atoms with Gasteiger partial charge in [-0.25, -0.2) is 4.98 Å². The Bertz CT molecular complexity index is 1500. The maximum atomic E-state index is 11.3. The quantitative estimate of drug-likeness (QED) is 0.202. The molecule has 8 nitrogen and oxygen atoms in total. The van der Waals surface area contributed by atoms with Crippen molar-refractivity contribution in [3.8, 4) is 11.6 Å². The highest BCUT2D eigenvalue weighted by molar-refractivity contribution is 6.09. The molecule has 5 N–H and O–H groups in total. The van der Waals surface area contributed by atoms with Gasteiger partial charge in [-0.05, 0) is 23.8 Å². The van der Waals surface area contributed by atoms with Crippen molar-refractivity contribution in [2.75, 3.05) is 19.7 Å². The summed E-state index contributed by atoms with van der Waals surface area (Å²) in [5.74, 6) is 0.560. The zero-order valence-corrected chi connectivity index (χ0v) is 20.8. The number of hydrogen-bond acceptors (Lipinski definition) is 6. The van der Waals surface area contributed by atoms with Gasteiger partial charge in [-0.15, -0.1) is 0 Å². The van der Waals surface area contributed by atoms with Gasteiger partial charge >= 0.3 is 0 Å². The highest BCUT2D eigenvalue weighted by atomic mass is 16.5. The van der Waals surface area contributed by atoms with E-state index in [0.29, 0.717) is 36.7 Å². The number of aliphatic hydroxyl groups excluding tert-OH is 1. The number of benzene rings is 3. The predicted molar refractivity (Wildman–Crippen MR) is 147 cm³/mol. The molecule has 2 unspecified atom stereocenters. The average Bonchev–Trinajstić information content (AvgIpc) is 3.32. The number of pyridine rings is 1. The van der Waals surface area contributed by atoms with E-state index in [9.17, 15) is 9.90 Å². The molecule has 5 aromatic rings. The second kappa shape index (κ2) is 11.8. The van der Waals surface area contributed by atoms with E-state index in [2.05, 4.69) is 27.4 Å². The number of carbonyl (C=O) groups excluding carboxylic acids is 1. The first-order valence-electron chi connectivity index (χ1n) is 12.5. The third-order valence-electron chi connectivity index (χ3n) is 6.30. The van der Waals surface area contributed by atoms with Gasteiger partial charge in [0.05, 0.1) is 11.1 Å². The van der Waals surface area contributed by atoms with E-state index in [0.717, 1.165) is 27.4 Å². The lowest BCUT2D eigenvalue weighted by molar-refractivity contribution is 0.0999. The molecule has 0 spiro atoms. The largest absolute Gasteiger partial charge is 0.489 e. The monoisotopic (exact) mass is 510 g/mol. The fourth-order valence-corrected chi connectivity index (χ4v) is 4.42. The lowest BCUT2D eigenvalue weighted by Gasteiger charge is -2.21. The molecule has 0 aliphatic rings. The summed E-state index contributed by atoms with van der Waals surface area (Å²) in [7, 11) is 0. The number of para-hydroxylation sites is 2. The Kier molecular flexibility index (Phi) is 7.82. The molecule has 0 aliphatic heterocycles. The van der Waals surface area contributed by atoms with Crippen LogP contribution in [-0.2, 0) is 6.42 Å². The minimum absolute atomic E-state index is 0.141. The number of aromatic nitrogens is 2. The van der Waals surface area contributed by atoms with Gasteiger partial charge < -0.3 is 30.6 Å². The Labute approximate surface area is 220 Å². The number of primary amides is 1. The van der Waals surface area contributed by atoms with Crippen LogP contribution >= 0.6 is 0 Å². The maximum Gasteiger partial charge on any atom is 0.250 e. The molecule has 3 aromatic carbocycles. The molecule has 0 fully saturated rings. The molecule has 0 bridgehead atoms. The Morgan fingerprint density at radius 3 is 2.53 bits per heavy atom. The summed E-state index contributed by atoms with van der Waals surface area (Å²) in [6, 6.07) is 27.3. The number of amides is 1. The number of fused-ring (bicyclic) bond motifs is 3. The van der Waals surface area contributed by atoms with Crippen LogP contribution in [0.1, 0.15) is 15.9 Å². The first kappa shape index (κ1) is 25.3. The van der Waals surface area contributed by atoms with Gasteiger partial charge in [-0.3, -0.25) is 4.79 Å². The van der Waals surface area contributed by atoms with Gasteiger partial charge in [0.2, 0.25) is 11.8 Å². The van der Waals surface area contributed by atoms with Crippen LogP contribution in [0.5, 0.6) is 11.6 Å². The Morgan fingerprint density at radius 2 is 1.74 bits per heavy atom. The lowest BCUT2D eigenvalue weighted by Crippen LogP contribution is -2.39. The summed E-state index contributed by atoms with van der Waals surface area (Å²) >= 11 is 0. The van der Waals surface area contributed by atoms with Crippen LogP contribution in [0.15, 0.2) is 91.1 Å². The SMILES string of the molecule is NC(=O)c1ccc(OC(CNCC(O)COc2cccc3c2[nH]c2ccccc23)Cc2ccccc2)nc1. The number of nitrogens with two attached hydrogens (primary N) is 1. The van der Waals surface area contributed by atoms with Crippen LogP contribution in [0, 0.1) is 0 Å². The zero-order valence-electron chi connectivity index (χ0n) is 20.8. The minimum Gasteiger partial charge on any atom is -0.489 e. The second-order valence-electron chi connectivity index (χ2n) is 9.15. The Morgan fingerprint density at radius 1 is 0.947 bits per heavy atom. The van der Waals surface area contributed by atoms with Crippen molar-refractivity contribution in [1.82, 2.24) is 15.3 Å². The van der Waals surface area contributed by atoms with Crippen molar-refractivity contribution in [2.24, 2.45) is 5.73 Å². The van der Waals surface area contributed by atoms with E-state index in [4.69, 9.17) is 15.2 Å². The molecule has 5 rings (SSSR count). The first-order valence-corrected chi connectivity index (χ1v) is 12.5. The lowest BCUT2D eigenvalue weighted by atomic mass is 10.1. The first-order chi connectivity index (χ1) is 18.6. The Hall–Kier alpha value is -4.40. The van der Waals surface area contributed by atoms with Gasteiger partial charge in [-0.1, -0.05) is 60.7 Å². The molecule has 194 valence electrons. The normalized spacial score (nSPS) is 12.9. The maximum absolute atomic E-state index is 11.3.